The van der Waals surface area contributed by atoms with E-state index < -0.39 is 0 Å². The third-order valence-electron chi connectivity index (χ3n) is 5.75. The molecular weight excluding hydrogens is 472 g/mol. The Hall–Kier alpha value is -2.38. The topological polar surface area (TPSA) is 59.1 Å². The molecule has 2 aromatic carbocycles. The molecule has 0 aliphatic carbocycles. The van der Waals surface area contributed by atoms with Gasteiger partial charge in [0.1, 0.15) is 11.9 Å². The molecule has 0 bridgehead atoms. The lowest BCUT2D eigenvalue weighted by atomic mass is 9.90. The average Bonchev–Trinajstić information content (AvgIpc) is 2.79. The van der Waals surface area contributed by atoms with Crippen LogP contribution >= 0.6 is 15.9 Å². The molecule has 0 saturated carbocycles. The first-order valence-electron chi connectivity index (χ1n) is 10.9. The van der Waals surface area contributed by atoms with Crippen LogP contribution in [0.15, 0.2) is 59.1 Å². The number of benzene rings is 2. The van der Waals surface area contributed by atoms with Gasteiger partial charge in [-0.05, 0) is 23.8 Å². The molecule has 1 aliphatic heterocycles. The van der Waals surface area contributed by atoms with Gasteiger partial charge in [0.25, 0.3) is 0 Å². The summed E-state index contributed by atoms with van der Waals surface area (Å²) in [4.78, 5) is 29.2. The smallest absolute Gasteiger partial charge is 0.224 e. The van der Waals surface area contributed by atoms with Crippen LogP contribution < -0.4 is 4.74 Å². The Balaban J connectivity index is 1.68. The minimum Gasteiger partial charge on any atom is -0.490 e. The molecule has 0 unspecified atom stereocenters. The fourth-order valence-corrected chi connectivity index (χ4v) is 4.35. The fraction of sp³-hybridized carbons (Fsp3) is 0.440. The van der Waals surface area contributed by atoms with Crippen molar-refractivity contribution in [3.8, 4) is 5.75 Å². The van der Waals surface area contributed by atoms with Gasteiger partial charge >= 0.3 is 0 Å². The van der Waals surface area contributed by atoms with Crippen molar-refractivity contribution in [1.82, 2.24) is 9.80 Å². The number of carbonyl (C=O) groups excluding carboxylic acids is 2. The predicted octanol–water partition coefficient (Wildman–Crippen LogP) is 4.13. The summed E-state index contributed by atoms with van der Waals surface area (Å²) >= 11 is 3.48. The summed E-state index contributed by atoms with van der Waals surface area (Å²) in [5.41, 5.74) is 1.09. The number of piperidine rings is 1. The van der Waals surface area contributed by atoms with Crippen LogP contribution in [0.2, 0.25) is 0 Å². The SMILES string of the molecule is COCCC(=O)N1CC[C@H](Oc2cccc(Br)c2)[C@@H](CC(=O)N(C)Cc2ccccc2)C1. The number of hydrogen-bond acceptors (Lipinski definition) is 4. The Kier molecular flexibility index (Phi) is 9.11. The van der Waals surface area contributed by atoms with E-state index in [1.54, 1.807) is 12.0 Å². The molecule has 1 aliphatic rings. The second kappa shape index (κ2) is 12.0. The van der Waals surface area contributed by atoms with E-state index in [9.17, 15) is 9.59 Å². The molecule has 2 amide bonds. The monoisotopic (exact) mass is 502 g/mol. The molecule has 7 heteroatoms. The zero-order chi connectivity index (χ0) is 22.9. The lowest BCUT2D eigenvalue weighted by Crippen LogP contribution is -2.49. The summed E-state index contributed by atoms with van der Waals surface area (Å²) in [5, 5.41) is 0. The van der Waals surface area contributed by atoms with Crippen LogP contribution in [-0.2, 0) is 20.9 Å². The van der Waals surface area contributed by atoms with E-state index in [1.165, 1.54) is 0 Å². The number of nitrogens with zero attached hydrogens (tertiary/aromatic N) is 2. The van der Waals surface area contributed by atoms with Crippen LogP contribution in [0, 0.1) is 5.92 Å². The maximum absolute atomic E-state index is 13.1. The molecule has 0 spiro atoms. The van der Waals surface area contributed by atoms with Crippen LogP contribution in [-0.4, -0.2) is 61.6 Å². The summed E-state index contributed by atoms with van der Waals surface area (Å²) in [6, 6.07) is 17.7. The number of methoxy groups -OCH3 is 1. The second-order valence-corrected chi connectivity index (χ2v) is 9.10. The van der Waals surface area contributed by atoms with Gasteiger partial charge in [-0.15, -0.1) is 0 Å². The molecule has 0 N–H and O–H groups in total. The van der Waals surface area contributed by atoms with Crippen LogP contribution in [0.4, 0.5) is 0 Å². The zero-order valence-corrected chi connectivity index (χ0v) is 20.3. The lowest BCUT2D eigenvalue weighted by molar-refractivity contribution is -0.139. The molecule has 0 radical (unpaired) electrons. The van der Waals surface area contributed by atoms with Gasteiger partial charge in [-0.2, -0.15) is 0 Å². The molecule has 2 aromatic rings. The molecule has 32 heavy (non-hydrogen) atoms. The Bertz CT molecular complexity index is 893. The van der Waals surface area contributed by atoms with Crippen molar-refractivity contribution in [1.29, 1.82) is 0 Å². The van der Waals surface area contributed by atoms with Gasteiger partial charge in [0.15, 0.2) is 0 Å². The highest BCUT2D eigenvalue weighted by atomic mass is 79.9. The van der Waals surface area contributed by atoms with Gasteiger partial charge in [0.05, 0.1) is 13.0 Å². The minimum absolute atomic E-state index is 0.0490. The first-order chi connectivity index (χ1) is 15.5. The number of ether oxygens (including phenoxy) is 2. The average molecular weight is 503 g/mol. The Morgan fingerprint density at radius 1 is 1.16 bits per heavy atom. The molecule has 6 nitrogen and oxygen atoms in total. The van der Waals surface area contributed by atoms with E-state index in [1.807, 2.05) is 66.5 Å². The molecule has 2 atom stereocenters. The first-order valence-corrected chi connectivity index (χ1v) is 11.7. The molecule has 1 saturated heterocycles. The van der Waals surface area contributed by atoms with Gasteiger partial charge in [-0.25, -0.2) is 0 Å². The van der Waals surface area contributed by atoms with Crippen molar-refractivity contribution in [2.75, 3.05) is 33.9 Å². The maximum Gasteiger partial charge on any atom is 0.224 e. The number of rotatable bonds is 9. The molecule has 3 rings (SSSR count). The first kappa shape index (κ1) is 24.3. The normalized spacial score (nSPS) is 18.3. The third kappa shape index (κ3) is 7.07. The van der Waals surface area contributed by atoms with Crippen molar-refractivity contribution >= 4 is 27.7 Å². The van der Waals surface area contributed by atoms with Gasteiger partial charge in [0.2, 0.25) is 11.8 Å². The predicted molar refractivity (Wildman–Crippen MR) is 127 cm³/mol. The van der Waals surface area contributed by atoms with E-state index >= 15 is 0 Å². The molecule has 1 fully saturated rings. The van der Waals surface area contributed by atoms with E-state index in [0.29, 0.717) is 45.5 Å². The van der Waals surface area contributed by atoms with Gasteiger partial charge in [-0.1, -0.05) is 52.3 Å². The van der Waals surface area contributed by atoms with Gasteiger partial charge in [-0.3, -0.25) is 9.59 Å². The van der Waals surface area contributed by atoms with E-state index in [2.05, 4.69) is 15.9 Å². The Labute approximate surface area is 198 Å². The lowest BCUT2D eigenvalue weighted by Gasteiger charge is -2.39. The molecule has 1 heterocycles. The molecule has 172 valence electrons. The zero-order valence-electron chi connectivity index (χ0n) is 18.7. The third-order valence-corrected chi connectivity index (χ3v) is 6.24. The maximum atomic E-state index is 13.1. The fourth-order valence-electron chi connectivity index (χ4n) is 3.98. The summed E-state index contributed by atoms with van der Waals surface area (Å²) in [6.45, 7) is 2.08. The summed E-state index contributed by atoms with van der Waals surface area (Å²) < 4.78 is 12.3. The molecule has 0 aromatic heterocycles. The Morgan fingerprint density at radius 3 is 2.66 bits per heavy atom. The van der Waals surface area contributed by atoms with E-state index in [0.717, 1.165) is 15.8 Å². The highest BCUT2D eigenvalue weighted by Gasteiger charge is 2.34. The highest BCUT2D eigenvalue weighted by Crippen LogP contribution is 2.28. The van der Waals surface area contributed by atoms with Gasteiger partial charge in [0, 0.05) is 57.0 Å². The van der Waals surface area contributed by atoms with Crippen LogP contribution in [0.1, 0.15) is 24.8 Å². The number of carbonyl (C=O) groups is 2. The molecular formula is C25H31BrN2O4. The van der Waals surface area contributed by atoms with Crippen LogP contribution in [0.5, 0.6) is 5.75 Å². The van der Waals surface area contributed by atoms with E-state index in [4.69, 9.17) is 9.47 Å². The summed E-state index contributed by atoms with van der Waals surface area (Å²) in [5.74, 6) is 0.786. The number of hydrogen-bond donors (Lipinski definition) is 0. The van der Waals surface area contributed by atoms with Gasteiger partial charge < -0.3 is 19.3 Å². The Morgan fingerprint density at radius 2 is 1.94 bits per heavy atom. The number of amides is 2. The second-order valence-electron chi connectivity index (χ2n) is 8.18. The van der Waals surface area contributed by atoms with Crippen molar-refractivity contribution in [3.05, 3.63) is 64.6 Å². The highest BCUT2D eigenvalue weighted by molar-refractivity contribution is 9.10. The van der Waals surface area contributed by atoms with Crippen molar-refractivity contribution < 1.29 is 19.1 Å². The van der Waals surface area contributed by atoms with E-state index in [-0.39, 0.29) is 23.8 Å². The van der Waals surface area contributed by atoms with Crippen molar-refractivity contribution in [2.45, 2.75) is 31.9 Å². The standard InChI is InChI=1S/C25H31BrN2O4/c1-27(17-19-7-4-3-5-8-19)25(30)15-20-18-28(24(29)12-14-31-2)13-11-23(20)32-22-10-6-9-21(26)16-22/h3-10,16,20,23H,11-15,17-18H2,1-2H3/t20-,23-/m0/s1. The van der Waals surface area contributed by atoms with Crippen LogP contribution in [0.25, 0.3) is 0 Å². The number of likely N-dealkylation sites (tertiary alicyclic amines) is 1. The quantitative estimate of drug-likeness (QED) is 0.517. The summed E-state index contributed by atoms with van der Waals surface area (Å²) in [6.07, 6.45) is 1.23. The number of halogens is 1. The van der Waals surface area contributed by atoms with Crippen molar-refractivity contribution in [2.24, 2.45) is 5.92 Å². The summed E-state index contributed by atoms with van der Waals surface area (Å²) in [7, 11) is 3.42. The van der Waals surface area contributed by atoms with Crippen LogP contribution in [0.3, 0.4) is 0 Å². The minimum atomic E-state index is -0.134. The largest absolute Gasteiger partial charge is 0.490 e. The van der Waals surface area contributed by atoms with Crippen molar-refractivity contribution in [3.63, 3.8) is 0 Å².